The molecule has 0 N–H and O–H groups in total. The normalized spacial score (nSPS) is 13.1. The molecule has 0 aliphatic rings. The summed E-state index contributed by atoms with van der Waals surface area (Å²) >= 11 is 0. The summed E-state index contributed by atoms with van der Waals surface area (Å²) < 4.78 is 16.9. The van der Waals surface area contributed by atoms with E-state index >= 15 is 0 Å². The molecule has 0 heterocycles. The molecule has 0 fully saturated rings. The molecular formula is C74H120O6. The predicted octanol–water partition coefficient (Wildman–Crippen LogP) is 22.7. The van der Waals surface area contributed by atoms with E-state index in [2.05, 4.69) is 161 Å². The lowest BCUT2D eigenvalue weighted by atomic mass is 10.0. The number of allylic oxidation sites excluding steroid dienone is 24. The average Bonchev–Trinajstić information content (AvgIpc) is 3.46. The number of unbranched alkanes of at least 4 members (excludes halogenated alkanes) is 23. The van der Waals surface area contributed by atoms with E-state index in [0.29, 0.717) is 19.3 Å². The molecule has 0 saturated carbocycles. The minimum Gasteiger partial charge on any atom is -0.462 e. The van der Waals surface area contributed by atoms with E-state index < -0.39 is 12.1 Å². The summed E-state index contributed by atoms with van der Waals surface area (Å²) in [4.78, 5) is 38.4. The summed E-state index contributed by atoms with van der Waals surface area (Å²) in [6.45, 7) is 6.34. The maximum atomic E-state index is 12.9. The molecule has 0 rings (SSSR count). The standard InChI is InChI=1S/C74H120O6/c1-4-7-10-13-16-19-22-25-28-31-34-35-36-37-38-39-41-43-46-49-52-55-58-61-64-67-73(76)79-70-71(69-78-72(75)66-63-60-57-54-51-48-45-42-33-30-27-24-21-18-15-12-9-6-3)80-74(77)68-65-62-59-56-53-50-47-44-40-32-29-26-23-20-17-14-11-8-5-2/h7-8,10-11,16-17,19-21,24-26,28-30,33-35,40,44,50,53,59,62,71H,4-6,9,12-15,18,22-23,27,31-32,36-39,41-43,45-49,51-52,54-58,60-61,63-70H2,1-3H3/b10-7-,11-8-,19-16-,20-17-,24-21-,28-25-,29-26-,33-30-,35-34-,44-40-,53-50-,62-59-. The van der Waals surface area contributed by atoms with Gasteiger partial charge in [0.2, 0.25) is 0 Å². The smallest absolute Gasteiger partial charge is 0.306 e. The lowest BCUT2D eigenvalue weighted by Gasteiger charge is -2.18. The van der Waals surface area contributed by atoms with Gasteiger partial charge in [0, 0.05) is 19.3 Å². The van der Waals surface area contributed by atoms with Crippen molar-refractivity contribution in [1.29, 1.82) is 0 Å². The minimum atomic E-state index is -0.830. The van der Waals surface area contributed by atoms with Crippen LogP contribution in [0.25, 0.3) is 0 Å². The van der Waals surface area contributed by atoms with Gasteiger partial charge in [-0.15, -0.1) is 0 Å². The first-order valence-corrected chi connectivity index (χ1v) is 32.8. The van der Waals surface area contributed by atoms with Gasteiger partial charge in [-0.2, -0.15) is 0 Å². The third kappa shape index (κ3) is 64.1. The predicted molar refractivity (Wildman–Crippen MR) is 348 cm³/mol. The van der Waals surface area contributed by atoms with Gasteiger partial charge in [0.1, 0.15) is 13.2 Å². The number of carbonyl (C=O) groups is 3. The van der Waals surface area contributed by atoms with Crippen molar-refractivity contribution >= 4 is 17.9 Å². The molecule has 0 spiro atoms. The fourth-order valence-corrected chi connectivity index (χ4v) is 8.73. The van der Waals surface area contributed by atoms with Gasteiger partial charge in [-0.05, 0) is 128 Å². The van der Waals surface area contributed by atoms with E-state index in [1.54, 1.807) is 0 Å². The molecule has 1 unspecified atom stereocenters. The number of esters is 3. The van der Waals surface area contributed by atoms with Crippen molar-refractivity contribution in [2.24, 2.45) is 0 Å². The van der Waals surface area contributed by atoms with Crippen molar-refractivity contribution in [3.8, 4) is 0 Å². The van der Waals surface area contributed by atoms with Crippen LogP contribution in [-0.2, 0) is 28.6 Å². The van der Waals surface area contributed by atoms with Gasteiger partial charge in [0.15, 0.2) is 6.10 Å². The van der Waals surface area contributed by atoms with Crippen molar-refractivity contribution in [3.05, 3.63) is 146 Å². The number of rotatable bonds is 58. The summed E-state index contributed by atoms with van der Waals surface area (Å²) in [5, 5.41) is 0. The Morgan fingerprint density at radius 1 is 0.263 bits per heavy atom. The third-order valence-electron chi connectivity index (χ3n) is 13.6. The van der Waals surface area contributed by atoms with Gasteiger partial charge in [-0.25, -0.2) is 0 Å². The molecule has 0 aromatic rings. The summed E-state index contributed by atoms with van der Waals surface area (Å²) in [5.41, 5.74) is 0. The number of hydrogen-bond donors (Lipinski definition) is 0. The van der Waals surface area contributed by atoms with Crippen LogP contribution >= 0.6 is 0 Å². The molecule has 6 nitrogen and oxygen atoms in total. The monoisotopic (exact) mass is 1100 g/mol. The molecule has 452 valence electrons. The van der Waals surface area contributed by atoms with Gasteiger partial charge in [0.25, 0.3) is 0 Å². The van der Waals surface area contributed by atoms with E-state index in [1.165, 1.54) is 122 Å². The maximum absolute atomic E-state index is 12.9. The van der Waals surface area contributed by atoms with Gasteiger partial charge in [0.05, 0.1) is 0 Å². The van der Waals surface area contributed by atoms with Crippen LogP contribution in [0.4, 0.5) is 0 Å². The Morgan fingerprint density at radius 3 is 0.812 bits per heavy atom. The number of ether oxygens (including phenoxy) is 3. The second-order valence-corrected chi connectivity index (χ2v) is 21.3. The Labute approximate surface area is 493 Å². The van der Waals surface area contributed by atoms with Crippen molar-refractivity contribution in [1.82, 2.24) is 0 Å². The third-order valence-corrected chi connectivity index (χ3v) is 13.6. The van der Waals surface area contributed by atoms with Crippen molar-refractivity contribution < 1.29 is 28.6 Å². The van der Waals surface area contributed by atoms with Crippen LogP contribution in [0.1, 0.15) is 284 Å². The lowest BCUT2D eigenvalue weighted by molar-refractivity contribution is -0.166. The van der Waals surface area contributed by atoms with Gasteiger partial charge < -0.3 is 14.2 Å². The van der Waals surface area contributed by atoms with Crippen LogP contribution in [0.15, 0.2) is 146 Å². The largest absolute Gasteiger partial charge is 0.462 e. The van der Waals surface area contributed by atoms with E-state index in [4.69, 9.17) is 14.2 Å². The summed E-state index contributed by atoms with van der Waals surface area (Å²) in [7, 11) is 0. The molecule has 0 radical (unpaired) electrons. The fraction of sp³-hybridized carbons (Fsp3) is 0.635. The van der Waals surface area contributed by atoms with E-state index in [0.717, 1.165) is 116 Å². The molecule has 0 aromatic carbocycles. The molecule has 0 aliphatic heterocycles. The quantitative estimate of drug-likeness (QED) is 0.0261. The second-order valence-electron chi connectivity index (χ2n) is 21.3. The Morgan fingerprint density at radius 2 is 0.512 bits per heavy atom. The molecule has 0 saturated heterocycles. The first-order valence-electron chi connectivity index (χ1n) is 32.8. The second kappa shape index (κ2) is 66.8. The Hall–Kier alpha value is -4.71. The molecule has 0 amide bonds. The highest BCUT2D eigenvalue weighted by Crippen LogP contribution is 2.15. The molecule has 1 atom stereocenters. The average molecular weight is 1110 g/mol. The molecular weight excluding hydrogens is 985 g/mol. The van der Waals surface area contributed by atoms with Gasteiger partial charge in [-0.3, -0.25) is 14.4 Å². The van der Waals surface area contributed by atoms with E-state index in [-0.39, 0.29) is 31.6 Å². The van der Waals surface area contributed by atoms with E-state index in [9.17, 15) is 14.4 Å². The highest BCUT2D eigenvalue weighted by molar-refractivity contribution is 5.71. The van der Waals surface area contributed by atoms with Crippen LogP contribution in [0.5, 0.6) is 0 Å². The molecule has 0 bridgehead atoms. The Bertz CT molecular complexity index is 1750. The molecule has 0 aromatic heterocycles. The molecule has 6 heteroatoms. The van der Waals surface area contributed by atoms with Crippen LogP contribution in [0, 0.1) is 0 Å². The van der Waals surface area contributed by atoms with Crippen LogP contribution < -0.4 is 0 Å². The van der Waals surface area contributed by atoms with Gasteiger partial charge in [-0.1, -0.05) is 282 Å². The SMILES string of the molecule is CC/C=C\C/C=C\C/C=C\C/C=C\C/C=C\C/C=C\CCC(=O)OC(COC(=O)CCCCCCCCC/C=C\C/C=C\CCCCCC)COC(=O)CCCCCCCCCCCCCC/C=C\C/C=C\C/C=C\C/C=C\CC. The minimum absolute atomic E-state index is 0.116. The topological polar surface area (TPSA) is 78.9 Å². The summed E-state index contributed by atoms with van der Waals surface area (Å²) in [5.74, 6) is -1.01. The Balaban J connectivity index is 4.48. The van der Waals surface area contributed by atoms with E-state index in [1.807, 2.05) is 6.08 Å². The lowest BCUT2D eigenvalue weighted by Crippen LogP contribution is -2.30. The summed E-state index contributed by atoms with van der Waals surface area (Å²) in [6.07, 6.45) is 95.8. The number of hydrogen-bond acceptors (Lipinski definition) is 6. The molecule has 0 aliphatic carbocycles. The first-order chi connectivity index (χ1) is 39.5. The van der Waals surface area contributed by atoms with Crippen molar-refractivity contribution in [2.75, 3.05) is 13.2 Å². The summed E-state index contributed by atoms with van der Waals surface area (Å²) in [6, 6.07) is 0. The number of carbonyl (C=O) groups excluding carboxylic acids is 3. The highest BCUT2D eigenvalue weighted by Gasteiger charge is 2.19. The Kier molecular flexibility index (Phi) is 62.9. The van der Waals surface area contributed by atoms with Crippen LogP contribution in [0.3, 0.4) is 0 Å². The van der Waals surface area contributed by atoms with Crippen LogP contribution in [-0.4, -0.2) is 37.2 Å². The van der Waals surface area contributed by atoms with Gasteiger partial charge >= 0.3 is 17.9 Å². The first kappa shape index (κ1) is 75.3. The maximum Gasteiger partial charge on any atom is 0.306 e. The van der Waals surface area contributed by atoms with Crippen molar-refractivity contribution in [2.45, 2.75) is 290 Å². The zero-order chi connectivity index (χ0) is 57.8. The van der Waals surface area contributed by atoms with Crippen LogP contribution in [0.2, 0.25) is 0 Å². The molecule has 80 heavy (non-hydrogen) atoms. The zero-order valence-corrected chi connectivity index (χ0v) is 51.8. The fourth-order valence-electron chi connectivity index (χ4n) is 8.73. The van der Waals surface area contributed by atoms with Crippen molar-refractivity contribution in [3.63, 3.8) is 0 Å². The highest BCUT2D eigenvalue weighted by atomic mass is 16.6. The zero-order valence-electron chi connectivity index (χ0n) is 51.8.